The Hall–Kier alpha value is -3.04. The molecule has 7 nitrogen and oxygen atoms in total. The van der Waals surface area contributed by atoms with Crippen LogP contribution >= 0.6 is 11.3 Å². The van der Waals surface area contributed by atoms with Gasteiger partial charge in [-0.2, -0.15) is 0 Å². The first-order chi connectivity index (χ1) is 13.0. The molecule has 136 valence electrons. The van der Waals surface area contributed by atoms with Crippen LogP contribution in [0, 0.1) is 0 Å². The van der Waals surface area contributed by atoms with Crippen molar-refractivity contribution in [1.29, 1.82) is 0 Å². The first-order valence-corrected chi connectivity index (χ1v) is 10.4. The number of carbonyl (C=O) groups excluding carboxylic acids is 1. The van der Waals surface area contributed by atoms with Gasteiger partial charge in [0.1, 0.15) is 5.92 Å². The number of aromatic nitrogens is 1. The molecule has 2 N–H and O–H groups in total. The van der Waals surface area contributed by atoms with Crippen molar-refractivity contribution in [3.8, 4) is 0 Å². The average Bonchev–Trinajstić information content (AvgIpc) is 3.27. The summed E-state index contributed by atoms with van der Waals surface area (Å²) in [6, 6.07) is 13.6. The monoisotopic (exact) mass is 398 g/mol. The van der Waals surface area contributed by atoms with E-state index in [2.05, 4.69) is 20.0 Å². The van der Waals surface area contributed by atoms with Crippen molar-refractivity contribution < 1.29 is 13.2 Å². The van der Waals surface area contributed by atoms with Gasteiger partial charge in [-0.15, -0.1) is 11.3 Å². The Labute approximate surface area is 159 Å². The molecule has 1 aliphatic rings. The highest BCUT2D eigenvalue weighted by Crippen LogP contribution is 2.31. The van der Waals surface area contributed by atoms with Gasteiger partial charge in [0.15, 0.2) is 5.13 Å². The zero-order valence-corrected chi connectivity index (χ0v) is 15.5. The van der Waals surface area contributed by atoms with E-state index in [4.69, 9.17) is 0 Å². The summed E-state index contributed by atoms with van der Waals surface area (Å²) in [5.74, 6) is -0.594. The highest BCUT2D eigenvalue weighted by atomic mass is 32.2. The van der Waals surface area contributed by atoms with Crippen LogP contribution in [-0.2, 0) is 14.8 Å². The van der Waals surface area contributed by atoms with Gasteiger partial charge in [0.25, 0.3) is 10.0 Å². The largest absolute Gasteiger partial charge is 0.325 e. The minimum absolute atomic E-state index is 0.112. The Morgan fingerprint density at radius 3 is 2.67 bits per heavy atom. The Morgan fingerprint density at radius 1 is 1.15 bits per heavy atom. The fraction of sp³-hybridized carbons (Fsp3) is 0.0556. The van der Waals surface area contributed by atoms with Gasteiger partial charge in [-0.25, -0.2) is 13.4 Å². The van der Waals surface area contributed by atoms with E-state index in [-0.39, 0.29) is 10.8 Å². The zero-order valence-electron chi connectivity index (χ0n) is 13.9. The maximum absolute atomic E-state index is 12.3. The summed E-state index contributed by atoms with van der Waals surface area (Å²) in [6.45, 7) is 0. The van der Waals surface area contributed by atoms with Crippen molar-refractivity contribution in [1.82, 2.24) is 4.98 Å². The lowest BCUT2D eigenvalue weighted by atomic mass is 10.0. The molecule has 1 aromatic heterocycles. The minimum Gasteiger partial charge on any atom is -0.325 e. The lowest BCUT2D eigenvalue weighted by Crippen LogP contribution is -2.13. The van der Waals surface area contributed by atoms with Gasteiger partial charge < -0.3 is 5.32 Å². The number of anilines is 2. The van der Waals surface area contributed by atoms with Crippen molar-refractivity contribution >= 4 is 50.0 Å². The number of aliphatic imine (C=N–C) groups is 1. The van der Waals surface area contributed by atoms with E-state index < -0.39 is 15.9 Å². The number of thiazole rings is 1. The van der Waals surface area contributed by atoms with E-state index in [0.29, 0.717) is 10.8 Å². The third-order valence-electron chi connectivity index (χ3n) is 4.01. The molecule has 0 spiro atoms. The van der Waals surface area contributed by atoms with Gasteiger partial charge in [-0.3, -0.25) is 14.5 Å². The number of carbonyl (C=O) groups is 1. The van der Waals surface area contributed by atoms with Crippen LogP contribution in [0.25, 0.3) is 0 Å². The van der Waals surface area contributed by atoms with E-state index in [9.17, 15) is 13.2 Å². The van der Waals surface area contributed by atoms with E-state index in [1.54, 1.807) is 23.7 Å². The molecule has 27 heavy (non-hydrogen) atoms. The Kier molecular flexibility index (Phi) is 4.46. The summed E-state index contributed by atoms with van der Waals surface area (Å²) in [4.78, 5) is 20.4. The third kappa shape index (κ3) is 3.60. The van der Waals surface area contributed by atoms with Crippen LogP contribution in [0.4, 0.5) is 16.5 Å². The van der Waals surface area contributed by atoms with Crippen molar-refractivity contribution in [3.05, 3.63) is 65.7 Å². The molecule has 0 saturated carbocycles. The fourth-order valence-electron chi connectivity index (χ4n) is 2.70. The lowest BCUT2D eigenvalue weighted by molar-refractivity contribution is -0.115. The van der Waals surface area contributed by atoms with Crippen LogP contribution in [-0.4, -0.2) is 25.5 Å². The number of para-hydroxylation sites is 1. The zero-order chi connectivity index (χ0) is 18.9. The second-order valence-corrected chi connectivity index (χ2v) is 8.35. The fourth-order valence-corrected chi connectivity index (χ4v) is 4.49. The average molecular weight is 398 g/mol. The standard InChI is InChI=1S/C18H14N4O3S2/c23-17-15(14-3-1-2-4-16(14)21-17)11-20-12-5-7-13(8-6-12)27(24,25)22-18-19-9-10-26-18/h1-11,15H,(H,19,22)(H,21,23). The number of fused-ring (bicyclic) bond motifs is 1. The highest BCUT2D eigenvalue weighted by molar-refractivity contribution is 7.93. The molecule has 1 aliphatic heterocycles. The topological polar surface area (TPSA) is 101 Å². The lowest BCUT2D eigenvalue weighted by Gasteiger charge is -2.05. The molecule has 0 radical (unpaired) electrons. The van der Waals surface area contributed by atoms with Gasteiger partial charge >= 0.3 is 0 Å². The number of nitrogens with zero attached hydrogens (tertiary/aromatic N) is 2. The maximum Gasteiger partial charge on any atom is 0.263 e. The number of hydrogen-bond donors (Lipinski definition) is 2. The normalized spacial score (nSPS) is 16.3. The second-order valence-electron chi connectivity index (χ2n) is 5.77. The molecule has 0 fully saturated rings. The first-order valence-electron chi connectivity index (χ1n) is 7.99. The van der Waals surface area contributed by atoms with Crippen molar-refractivity contribution in [2.75, 3.05) is 10.0 Å². The summed E-state index contributed by atoms with van der Waals surface area (Å²) in [7, 11) is -3.70. The Balaban J connectivity index is 1.51. The summed E-state index contributed by atoms with van der Waals surface area (Å²) in [5.41, 5.74) is 2.21. The Bertz CT molecular complexity index is 1110. The van der Waals surface area contributed by atoms with E-state index in [1.807, 2.05) is 24.3 Å². The number of sulfonamides is 1. The van der Waals surface area contributed by atoms with Crippen molar-refractivity contribution in [2.45, 2.75) is 10.8 Å². The van der Waals surface area contributed by atoms with Crippen molar-refractivity contribution in [2.24, 2.45) is 4.99 Å². The molecule has 1 unspecified atom stereocenters. The molecular weight excluding hydrogens is 384 g/mol. The van der Waals surface area contributed by atoms with Crippen LogP contribution in [0.1, 0.15) is 11.5 Å². The van der Waals surface area contributed by atoms with Crippen molar-refractivity contribution in [3.63, 3.8) is 0 Å². The predicted molar refractivity (Wildman–Crippen MR) is 105 cm³/mol. The number of rotatable bonds is 5. The minimum atomic E-state index is -3.70. The smallest absolute Gasteiger partial charge is 0.263 e. The van der Waals surface area contributed by atoms with Crippen LogP contribution in [0.3, 0.4) is 0 Å². The SMILES string of the molecule is O=C1Nc2ccccc2C1C=Nc1ccc(S(=O)(=O)Nc2nccs2)cc1. The molecule has 0 aliphatic carbocycles. The molecule has 0 bridgehead atoms. The van der Waals surface area contributed by atoms with Crippen LogP contribution in [0.15, 0.2) is 70.0 Å². The summed E-state index contributed by atoms with van der Waals surface area (Å²) < 4.78 is 27.1. The quantitative estimate of drug-likeness (QED) is 0.643. The second kappa shape index (κ2) is 6.93. The van der Waals surface area contributed by atoms with E-state index in [1.165, 1.54) is 29.7 Å². The molecule has 4 rings (SSSR count). The molecule has 1 atom stereocenters. The van der Waals surface area contributed by atoms with Crippen LogP contribution < -0.4 is 10.0 Å². The number of nitrogens with one attached hydrogen (secondary N) is 2. The number of amides is 1. The first kappa shape index (κ1) is 17.4. The third-order valence-corrected chi connectivity index (χ3v) is 6.18. The van der Waals surface area contributed by atoms with Gasteiger partial charge in [-0.05, 0) is 35.9 Å². The maximum atomic E-state index is 12.3. The summed E-state index contributed by atoms with van der Waals surface area (Å²) >= 11 is 1.20. The molecule has 2 aromatic carbocycles. The molecule has 2 heterocycles. The van der Waals surface area contributed by atoms with Gasteiger partial charge in [-0.1, -0.05) is 18.2 Å². The van der Waals surface area contributed by atoms with Crippen LogP contribution in [0.5, 0.6) is 0 Å². The Morgan fingerprint density at radius 2 is 1.93 bits per heavy atom. The molecule has 3 aromatic rings. The van der Waals surface area contributed by atoms with Gasteiger partial charge in [0.05, 0.1) is 10.6 Å². The number of hydrogen-bond acceptors (Lipinski definition) is 6. The van der Waals surface area contributed by atoms with Crippen LogP contribution in [0.2, 0.25) is 0 Å². The summed E-state index contributed by atoms with van der Waals surface area (Å²) in [5, 5.41) is 4.81. The summed E-state index contributed by atoms with van der Waals surface area (Å²) in [6.07, 6.45) is 3.09. The number of benzene rings is 2. The van der Waals surface area contributed by atoms with Gasteiger partial charge in [0, 0.05) is 23.5 Å². The molecule has 1 amide bonds. The highest BCUT2D eigenvalue weighted by Gasteiger charge is 2.28. The van der Waals surface area contributed by atoms with E-state index >= 15 is 0 Å². The molecular formula is C18H14N4O3S2. The molecule has 0 saturated heterocycles. The molecule has 9 heteroatoms. The predicted octanol–water partition coefficient (Wildman–Crippen LogP) is 3.38. The van der Waals surface area contributed by atoms with Gasteiger partial charge in [0.2, 0.25) is 5.91 Å². The van der Waals surface area contributed by atoms with E-state index in [0.717, 1.165) is 11.3 Å².